The highest BCUT2D eigenvalue weighted by molar-refractivity contribution is 5.99. The van der Waals surface area contributed by atoms with Crippen LogP contribution in [0.3, 0.4) is 0 Å². The first-order valence-electron chi connectivity index (χ1n) is 7.06. The molecule has 1 aromatic rings. The van der Waals surface area contributed by atoms with Crippen LogP contribution in [0.2, 0.25) is 0 Å². The molecule has 2 N–H and O–H groups in total. The molecule has 0 aliphatic heterocycles. The van der Waals surface area contributed by atoms with Gasteiger partial charge >= 0.3 is 0 Å². The third kappa shape index (κ3) is 2.98. The fraction of sp³-hybridized carbons (Fsp3) is 0.562. The molecule has 1 fully saturated rings. The van der Waals surface area contributed by atoms with E-state index >= 15 is 0 Å². The van der Waals surface area contributed by atoms with E-state index in [2.05, 4.69) is 6.92 Å². The maximum absolute atomic E-state index is 12.7. The van der Waals surface area contributed by atoms with Crippen LogP contribution >= 0.6 is 0 Å². The molecule has 0 spiro atoms. The molecular weight excluding hydrogens is 236 g/mol. The average Bonchev–Trinajstić information content (AvgIpc) is 2.37. The number of nitrogens with two attached hydrogens (primary N) is 1. The summed E-state index contributed by atoms with van der Waals surface area (Å²) in [7, 11) is 1.82. The van der Waals surface area contributed by atoms with Gasteiger partial charge in [-0.25, -0.2) is 0 Å². The summed E-state index contributed by atoms with van der Waals surface area (Å²) in [6.45, 7) is 4.22. The first kappa shape index (κ1) is 14.1. The predicted octanol–water partition coefficient (Wildman–Crippen LogP) is 2.87. The van der Waals surface area contributed by atoms with Gasteiger partial charge in [0.05, 0.1) is 5.54 Å². The summed E-state index contributed by atoms with van der Waals surface area (Å²) in [5.74, 6) is 0.581. The summed E-state index contributed by atoms with van der Waals surface area (Å²) >= 11 is 0. The van der Waals surface area contributed by atoms with Crippen LogP contribution in [0, 0.1) is 12.8 Å². The van der Waals surface area contributed by atoms with Crippen molar-refractivity contribution < 1.29 is 4.79 Å². The molecule has 1 aliphatic carbocycles. The zero-order valence-electron chi connectivity index (χ0n) is 12.1. The lowest BCUT2D eigenvalue weighted by molar-refractivity contribution is -0.125. The standard InChI is InChI=1S/C16H24N2O/c1-12-6-8-14(9-7-12)18(3)15(19)16(17)10-4-5-13(2)11-16/h6-9,13H,4-5,10-11,17H2,1-3H3. The van der Waals surface area contributed by atoms with Crippen LogP contribution < -0.4 is 10.6 Å². The normalized spacial score (nSPS) is 27.1. The van der Waals surface area contributed by atoms with Crippen molar-refractivity contribution >= 4 is 11.6 Å². The van der Waals surface area contributed by atoms with Crippen molar-refractivity contribution in [3.05, 3.63) is 29.8 Å². The van der Waals surface area contributed by atoms with E-state index in [1.807, 2.05) is 38.2 Å². The van der Waals surface area contributed by atoms with Crippen LogP contribution in [0.4, 0.5) is 5.69 Å². The quantitative estimate of drug-likeness (QED) is 0.888. The molecule has 0 radical (unpaired) electrons. The molecule has 1 aliphatic rings. The first-order valence-corrected chi connectivity index (χ1v) is 7.06. The molecule has 1 amide bonds. The van der Waals surface area contributed by atoms with E-state index in [-0.39, 0.29) is 5.91 Å². The third-order valence-corrected chi connectivity index (χ3v) is 4.18. The predicted molar refractivity (Wildman–Crippen MR) is 79.1 cm³/mol. The van der Waals surface area contributed by atoms with Crippen LogP contribution in [-0.4, -0.2) is 18.5 Å². The van der Waals surface area contributed by atoms with Gasteiger partial charge in [-0.05, 0) is 37.8 Å². The lowest BCUT2D eigenvalue weighted by atomic mass is 9.76. The number of anilines is 1. The lowest BCUT2D eigenvalue weighted by Crippen LogP contribution is -2.56. The molecule has 3 nitrogen and oxygen atoms in total. The molecule has 19 heavy (non-hydrogen) atoms. The van der Waals surface area contributed by atoms with Gasteiger partial charge in [0.25, 0.3) is 0 Å². The molecule has 2 rings (SSSR count). The monoisotopic (exact) mass is 260 g/mol. The van der Waals surface area contributed by atoms with Crippen molar-refractivity contribution in [2.24, 2.45) is 11.7 Å². The molecule has 0 bridgehead atoms. The number of aryl methyl sites for hydroxylation is 1. The van der Waals surface area contributed by atoms with E-state index < -0.39 is 5.54 Å². The van der Waals surface area contributed by atoms with Crippen molar-refractivity contribution in [3.8, 4) is 0 Å². The van der Waals surface area contributed by atoms with Gasteiger partial charge in [-0.1, -0.05) is 37.5 Å². The number of benzene rings is 1. The van der Waals surface area contributed by atoms with Crippen LogP contribution in [0.1, 0.15) is 38.2 Å². The summed E-state index contributed by atoms with van der Waals surface area (Å²) in [6.07, 6.45) is 3.82. The van der Waals surface area contributed by atoms with E-state index in [1.54, 1.807) is 4.90 Å². The van der Waals surface area contributed by atoms with Crippen LogP contribution in [0.5, 0.6) is 0 Å². The summed E-state index contributed by atoms with van der Waals surface area (Å²) in [5.41, 5.74) is 7.80. The smallest absolute Gasteiger partial charge is 0.246 e. The number of rotatable bonds is 2. The Morgan fingerprint density at radius 2 is 2.00 bits per heavy atom. The Balaban J connectivity index is 2.16. The molecule has 104 valence electrons. The highest BCUT2D eigenvalue weighted by Gasteiger charge is 2.39. The molecule has 0 saturated heterocycles. The van der Waals surface area contributed by atoms with Crippen LogP contribution in [-0.2, 0) is 4.79 Å². The second-order valence-electron chi connectivity index (χ2n) is 6.06. The Hall–Kier alpha value is -1.35. The third-order valence-electron chi connectivity index (χ3n) is 4.18. The molecule has 0 aromatic heterocycles. The second kappa shape index (κ2) is 5.33. The Morgan fingerprint density at radius 1 is 1.37 bits per heavy atom. The second-order valence-corrected chi connectivity index (χ2v) is 6.06. The highest BCUT2D eigenvalue weighted by Crippen LogP contribution is 2.32. The highest BCUT2D eigenvalue weighted by atomic mass is 16.2. The zero-order chi connectivity index (χ0) is 14.0. The number of amides is 1. The fourth-order valence-electron chi connectivity index (χ4n) is 3.01. The SMILES string of the molecule is Cc1ccc(N(C)C(=O)C2(N)CCCC(C)C2)cc1. The molecule has 1 aromatic carbocycles. The maximum atomic E-state index is 12.7. The topological polar surface area (TPSA) is 46.3 Å². The van der Waals surface area contributed by atoms with Crippen molar-refractivity contribution in [1.29, 1.82) is 0 Å². The van der Waals surface area contributed by atoms with E-state index in [9.17, 15) is 4.79 Å². The average molecular weight is 260 g/mol. The summed E-state index contributed by atoms with van der Waals surface area (Å²) in [6, 6.07) is 7.99. The maximum Gasteiger partial charge on any atom is 0.246 e. The van der Waals surface area contributed by atoms with Gasteiger partial charge in [0, 0.05) is 12.7 Å². The van der Waals surface area contributed by atoms with Gasteiger partial charge in [-0.2, -0.15) is 0 Å². The number of hydrogen-bond donors (Lipinski definition) is 1. The first-order chi connectivity index (χ1) is 8.92. The van der Waals surface area contributed by atoms with E-state index in [1.165, 1.54) is 12.0 Å². The zero-order valence-corrected chi connectivity index (χ0v) is 12.1. The molecule has 2 atom stereocenters. The van der Waals surface area contributed by atoms with Crippen molar-refractivity contribution in [3.63, 3.8) is 0 Å². The molecular formula is C16H24N2O. The minimum Gasteiger partial charge on any atom is -0.317 e. The lowest BCUT2D eigenvalue weighted by Gasteiger charge is -2.38. The van der Waals surface area contributed by atoms with Gasteiger partial charge in [-0.15, -0.1) is 0 Å². The molecule has 1 saturated carbocycles. The Kier molecular flexibility index (Phi) is 3.95. The van der Waals surface area contributed by atoms with Crippen LogP contribution in [0.25, 0.3) is 0 Å². The molecule has 0 heterocycles. The van der Waals surface area contributed by atoms with Crippen LogP contribution in [0.15, 0.2) is 24.3 Å². The number of hydrogen-bond acceptors (Lipinski definition) is 2. The Morgan fingerprint density at radius 3 is 2.58 bits per heavy atom. The summed E-state index contributed by atoms with van der Waals surface area (Å²) in [5, 5.41) is 0. The largest absolute Gasteiger partial charge is 0.317 e. The van der Waals surface area contributed by atoms with Gasteiger partial charge in [0.1, 0.15) is 0 Å². The summed E-state index contributed by atoms with van der Waals surface area (Å²) < 4.78 is 0. The molecule has 2 unspecified atom stereocenters. The number of carbonyl (C=O) groups is 1. The van der Waals surface area contributed by atoms with Crippen molar-refractivity contribution in [2.45, 2.75) is 45.1 Å². The fourth-order valence-corrected chi connectivity index (χ4v) is 3.01. The van der Waals surface area contributed by atoms with Gasteiger partial charge in [-0.3, -0.25) is 4.79 Å². The van der Waals surface area contributed by atoms with Gasteiger partial charge in [0.2, 0.25) is 5.91 Å². The number of nitrogens with zero attached hydrogens (tertiary/aromatic N) is 1. The summed E-state index contributed by atoms with van der Waals surface area (Å²) in [4.78, 5) is 14.4. The van der Waals surface area contributed by atoms with E-state index in [0.29, 0.717) is 5.92 Å². The number of likely N-dealkylation sites (N-methyl/N-ethyl adjacent to an activating group) is 1. The minimum absolute atomic E-state index is 0.0444. The van der Waals surface area contributed by atoms with Gasteiger partial charge in [0.15, 0.2) is 0 Å². The van der Waals surface area contributed by atoms with E-state index in [0.717, 1.165) is 24.9 Å². The van der Waals surface area contributed by atoms with E-state index in [4.69, 9.17) is 5.73 Å². The molecule has 3 heteroatoms. The van der Waals surface area contributed by atoms with Crippen molar-refractivity contribution in [1.82, 2.24) is 0 Å². The van der Waals surface area contributed by atoms with Crippen molar-refractivity contribution in [2.75, 3.05) is 11.9 Å². The Labute approximate surface area is 115 Å². The van der Waals surface area contributed by atoms with Gasteiger partial charge < -0.3 is 10.6 Å². The minimum atomic E-state index is -0.683. The number of carbonyl (C=O) groups excluding carboxylic acids is 1. The Bertz CT molecular complexity index is 454.